The number of hydrogen-bond donors (Lipinski definition) is 0. The maximum atomic E-state index is 11.6. The molecule has 0 aromatic heterocycles. The standard InChI is InChI=1S/C10H17NO2/c1-7(2)10(3)6-8(10)9(12)11(4)13-5/h8H,1,6H2,2-5H3/t8-,10-/m1/s1. The molecule has 1 amide bonds. The number of carbonyl (C=O) groups is 1. The molecule has 0 saturated heterocycles. The molecule has 0 radical (unpaired) electrons. The second-order valence-corrected chi connectivity index (χ2v) is 3.97. The highest BCUT2D eigenvalue weighted by atomic mass is 16.7. The monoisotopic (exact) mass is 183 g/mol. The van der Waals surface area contributed by atoms with Gasteiger partial charge in [-0.1, -0.05) is 19.1 Å². The Hall–Kier alpha value is -0.830. The largest absolute Gasteiger partial charge is 0.275 e. The zero-order valence-corrected chi connectivity index (χ0v) is 8.76. The summed E-state index contributed by atoms with van der Waals surface area (Å²) in [4.78, 5) is 16.5. The predicted molar refractivity (Wildman–Crippen MR) is 50.8 cm³/mol. The summed E-state index contributed by atoms with van der Waals surface area (Å²) >= 11 is 0. The molecule has 1 rings (SSSR count). The molecule has 13 heavy (non-hydrogen) atoms. The van der Waals surface area contributed by atoms with Gasteiger partial charge < -0.3 is 0 Å². The lowest BCUT2D eigenvalue weighted by molar-refractivity contribution is -0.170. The van der Waals surface area contributed by atoms with E-state index in [1.807, 2.05) is 6.92 Å². The molecule has 0 bridgehead atoms. The second-order valence-electron chi connectivity index (χ2n) is 3.97. The van der Waals surface area contributed by atoms with Crippen molar-refractivity contribution in [2.75, 3.05) is 14.2 Å². The Balaban J connectivity index is 2.60. The number of carbonyl (C=O) groups excluding carboxylic acids is 1. The van der Waals surface area contributed by atoms with Gasteiger partial charge in [-0.25, -0.2) is 5.06 Å². The van der Waals surface area contributed by atoms with Gasteiger partial charge in [0.15, 0.2) is 0 Å². The molecular weight excluding hydrogens is 166 g/mol. The number of allylic oxidation sites excluding steroid dienone is 1. The molecule has 1 aliphatic carbocycles. The van der Waals surface area contributed by atoms with Crippen molar-refractivity contribution in [3.05, 3.63) is 12.2 Å². The van der Waals surface area contributed by atoms with Crippen molar-refractivity contribution in [2.45, 2.75) is 20.3 Å². The Morgan fingerprint density at radius 2 is 2.23 bits per heavy atom. The lowest BCUT2D eigenvalue weighted by Gasteiger charge is -2.16. The van der Waals surface area contributed by atoms with Crippen LogP contribution in [0.2, 0.25) is 0 Å². The van der Waals surface area contributed by atoms with Gasteiger partial charge in [-0.15, -0.1) is 0 Å². The Morgan fingerprint density at radius 1 is 1.69 bits per heavy atom. The first kappa shape index (κ1) is 10.3. The molecule has 2 atom stereocenters. The van der Waals surface area contributed by atoms with Gasteiger partial charge in [0.05, 0.1) is 13.0 Å². The molecule has 0 aromatic rings. The molecule has 0 N–H and O–H groups in total. The lowest BCUT2D eigenvalue weighted by Crippen LogP contribution is -2.28. The van der Waals surface area contributed by atoms with E-state index in [0.717, 1.165) is 12.0 Å². The maximum Gasteiger partial charge on any atom is 0.249 e. The van der Waals surface area contributed by atoms with E-state index in [1.165, 1.54) is 12.2 Å². The maximum absolute atomic E-state index is 11.6. The van der Waals surface area contributed by atoms with Crippen molar-refractivity contribution in [3.63, 3.8) is 0 Å². The summed E-state index contributed by atoms with van der Waals surface area (Å²) in [5.74, 6) is 0.114. The second kappa shape index (κ2) is 3.14. The highest BCUT2D eigenvalue weighted by molar-refractivity contribution is 5.82. The number of amides is 1. The molecule has 0 aromatic carbocycles. The van der Waals surface area contributed by atoms with Crippen LogP contribution >= 0.6 is 0 Å². The van der Waals surface area contributed by atoms with Crippen LogP contribution in [0.15, 0.2) is 12.2 Å². The van der Waals surface area contributed by atoms with Crippen LogP contribution in [0, 0.1) is 11.3 Å². The molecule has 0 unspecified atom stereocenters. The topological polar surface area (TPSA) is 29.5 Å². The summed E-state index contributed by atoms with van der Waals surface area (Å²) < 4.78 is 0. The van der Waals surface area contributed by atoms with Crippen LogP contribution in [0.5, 0.6) is 0 Å². The summed E-state index contributed by atoms with van der Waals surface area (Å²) in [6.07, 6.45) is 0.898. The number of hydroxylamine groups is 2. The van der Waals surface area contributed by atoms with Crippen molar-refractivity contribution in [1.29, 1.82) is 0 Å². The minimum absolute atomic E-state index is 0.00384. The van der Waals surface area contributed by atoms with Gasteiger partial charge >= 0.3 is 0 Å². The molecule has 3 nitrogen and oxygen atoms in total. The molecule has 74 valence electrons. The molecular formula is C10H17NO2. The first-order chi connectivity index (χ1) is 5.93. The van der Waals surface area contributed by atoms with Gasteiger partial charge in [0, 0.05) is 12.5 Å². The third-order valence-corrected chi connectivity index (χ3v) is 3.09. The van der Waals surface area contributed by atoms with Crippen LogP contribution < -0.4 is 0 Å². The van der Waals surface area contributed by atoms with E-state index in [-0.39, 0.29) is 17.2 Å². The van der Waals surface area contributed by atoms with Crippen LogP contribution in [0.25, 0.3) is 0 Å². The van der Waals surface area contributed by atoms with Crippen LogP contribution in [-0.2, 0) is 9.63 Å². The van der Waals surface area contributed by atoms with Gasteiger partial charge in [0.1, 0.15) is 0 Å². The first-order valence-corrected chi connectivity index (χ1v) is 4.41. The third kappa shape index (κ3) is 1.61. The van der Waals surface area contributed by atoms with E-state index in [1.54, 1.807) is 7.05 Å². The fourth-order valence-electron chi connectivity index (χ4n) is 1.51. The average molecular weight is 183 g/mol. The van der Waals surface area contributed by atoms with Crippen molar-refractivity contribution < 1.29 is 9.63 Å². The van der Waals surface area contributed by atoms with E-state index < -0.39 is 0 Å². The molecule has 0 spiro atoms. The summed E-state index contributed by atoms with van der Waals surface area (Å²) in [6, 6.07) is 0. The zero-order chi connectivity index (χ0) is 10.2. The number of nitrogens with zero attached hydrogens (tertiary/aromatic N) is 1. The highest BCUT2D eigenvalue weighted by Crippen LogP contribution is 2.57. The van der Waals surface area contributed by atoms with E-state index >= 15 is 0 Å². The van der Waals surface area contributed by atoms with Gasteiger partial charge in [0.2, 0.25) is 5.91 Å². The smallest absolute Gasteiger partial charge is 0.249 e. The summed E-state index contributed by atoms with van der Waals surface area (Å²) in [5, 5.41) is 1.29. The van der Waals surface area contributed by atoms with Gasteiger partial charge in [-0.05, 0) is 13.3 Å². The summed E-state index contributed by atoms with van der Waals surface area (Å²) in [5.41, 5.74) is 1.08. The van der Waals surface area contributed by atoms with Crippen molar-refractivity contribution in [1.82, 2.24) is 5.06 Å². The fourth-order valence-corrected chi connectivity index (χ4v) is 1.51. The Bertz CT molecular complexity index is 249. The average Bonchev–Trinajstić information content (AvgIpc) is 2.77. The molecule has 1 fully saturated rings. The van der Waals surface area contributed by atoms with Gasteiger partial charge in [0.25, 0.3) is 0 Å². The van der Waals surface area contributed by atoms with Crippen LogP contribution in [0.1, 0.15) is 20.3 Å². The quantitative estimate of drug-likeness (QED) is 0.491. The minimum Gasteiger partial charge on any atom is -0.275 e. The van der Waals surface area contributed by atoms with Crippen molar-refractivity contribution in [3.8, 4) is 0 Å². The predicted octanol–water partition coefficient (Wildman–Crippen LogP) is 1.61. The minimum atomic E-state index is 0.00384. The lowest BCUT2D eigenvalue weighted by atomic mass is 9.98. The van der Waals surface area contributed by atoms with Gasteiger partial charge in [-0.3, -0.25) is 9.63 Å². The molecule has 0 heterocycles. The van der Waals surface area contributed by atoms with Crippen molar-refractivity contribution >= 4 is 5.91 Å². The van der Waals surface area contributed by atoms with E-state index in [9.17, 15) is 4.79 Å². The summed E-state index contributed by atoms with van der Waals surface area (Å²) in [7, 11) is 3.14. The third-order valence-electron chi connectivity index (χ3n) is 3.09. The molecule has 0 aliphatic heterocycles. The van der Waals surface area contributed by atoms with Crippen LogP contribution in [0.4, 0.5) is 0 Å². The number of rotatable bonds is 3. The highest BCUT2D eigenvalue weighted by Gasteiger charge is 2.55. The Labute approximate surface area is 79.3 Å². The fraction of sp³-hybridized carbons (Fsp3) is 0.700. The van der Waals surface area contributed by atoms with Gasteiger partial charge in [-0.2, -0.15) is 0 Å². The van der Waals surface area contributed by atoms with E-state index in [2.05, 4.69) is 13.5 Å². The van der Waals surface area contributed by atoms with Crippen LogP contribution in [0.3, 0.4) is 0 Å². The summed E-state index contributed by atoms with van der Waals surface area (Å²) in [6.45, 7) is 7.94. The normalized spacial score (nSPS) is 31.2. The van der Waals surface area contributed by atoms with E-state index in [0.29, 0.717) is 0 Å². The SMILES string of the molecule is C=C(C)[C@@]1(C)C[C@@H]1C(=O)N(C)OC. The van der Waals surface area contributed by atoms with Crippen LogP contribution in [-0.4, -0.2) is 25.1 Å². The zero-order valence-electron chi connectivity index (χ0n) is 8.76. The number of hydrogen-bond acceptors (Lipinski definition) is 2. The first-order valence-electron chi connectivity index (χ1n) is 4.41. The Morgan fingerprint density at radius 3 is 2.54 bits per heavy atom. The molecule has 1 aliphatic rings. The van der Waals surface area contributed by atoms with E-state index in [4.69, 9.17) is 4.84 Å². The molecule has 1 saturated carbocycles. The van der Waals surface area contributed by atoms with Crippen molar-refractivity contribution in [2.24, 2.45) is 11.3 Å². The Kier molecular flexibility index (Phi) is 2.48. The molecule has 3 heteroatoms.